The summed E-state index contributed by atoms with van der Waals surface area (Å²) in [4.78, 5) is 0.117. The molecule has 0 aliphatic rings. The molecule has 2 rings (SSSR count). The Hall–Kier alpha value is -1.99. The molecule has 0 spiro atoms. The van der Waals surface area contributed by atoms with Gasteiger partial charge in [0.25, 0.3) is 0 Å². The predicted molar refractivity (Wildman–Crippen MR) is 81.5 cm³/mol. The molecule has 1 heterocycles. The molecule has 6 nitrogen and oxygen atoms in total. The molecule has 1 N–H and O–H groups in total. The first-order valence-corrected chi connectivity index (χ1v) is 8.46. The van der Waals surface area contributed by atoms with E-state index in [4.69, 9.17) is 13.9 Å². The Morgan fingerprint density at radius 2 is 1.82 bits per heavy atom. The van der Waals surface area contributed by atoms with Crippen LogP contribution in [0.1, 0.15) is 19.6 Å². The third-order valence-electron chi connectivity index (χ3n) is 2.84. The zero-order valence-corrected chi connectivity index (χ0v) is 13.4. The summed E-state index contributed by atoms with van der Waals surface area (Å²) in [6.07, 6.45) is 1.49. The van der Waals surface area contributed by atoms with Crippen molar-refractivity contribution in [2.75, 3.05) is 13.2 Å². The Morgan fingerprint density at radius 1 is 1.09 bits per heavy atom. The van der Waals surface area contributed by atoms with Crippen molar-refractivity contribution in [3.8, 4) is 11.5 Å². The SMILES string of the molecule is CCOc1ccc(S(=O)(=O)NCc2ccco2)cc1OCC. The fourth-order valence-corrected chi connectivity index (χ4v) is 2.87. The van der Waals surface area contributed by atoms with Crippen molar-refractivity contribution in [2.45, 2.75) is 25.3 Å². The van der Waals surface area contributed by atoms with Gasteiger partial charge < -0.3 is 13.9 Å². The van der Waals surface area contributed by atoms with Crippen molar-refractivity contribution in [1.82, 2.24) is 4.72 Å². The summed E-state index contributed by atoms with van der Waals surface area (Å²) >= 11 is 0. The third kappa shape index (κ3) is 4.02. The molecule has 0 amide bonds. The minimum absolute atomic E-state index is 0.0898. The van der Waals surface area contributed by atoms with E-state index in [0.29, 0.717) is 30.5 Å². The molecule has 2 aromatic rings. The molecule has 0 aliphatic heterocycles. The van der Waals surface area contributed by atoms with Crippen LogP contribution in [0.3, 0.4) is 0 Å². The first-order chi connectivity index (χ1) is 10.6. The summed E-state index contributed by atoms with van der Waals surface area (Å²) in [5.74, 6) is 1.47. The molecule has 0 atom stereocenters. The lowest BCUT2D eigenvalue weighted by atomic mass is 10.3. The fourth-order valence-electron chi connectivity index (χ4n) is 1.86. The lowest BCUT2D eigenvalue weighted by Crippen LogP contribution is -2.23. The van der Waals surface area contributed by atoms with Gasteiger partial charge in [-0.2, -0.15) is 0 Å². The summed E-state index contributed by atoms with van der Waals surface area (Å²) < 4.78 is 43.1. The van der Waals surface area contributed by atoms with E-state index in [2.05, 4.69) is 4.72 Å². The predicted octanol–water partition coefficient (Wildman–Crippen LogP) is 2.56. The van der Waals surface area contributed by atoms with Crippen LogP contribution in [0, 0.1) is 0 Å². The highest BCUT2D eigenvalue weighted by molar-refractivity contribution is 7.89. The average molecular weight is 325 g/mol. The van der Waals surface area contributed by atoms with Crippen LogP contribution in [0.15, 0.2) is 45.9 Å². The molecule has 0 fully saturated rings. The highest BCUT2D eigenvalue weighted by Crippen LogP contribution is 2.30. The van der Waals surface area contributed by atoms with E-state index in [9.17, 15) is 8.42 Å². The summed E-state index contributed by atoms with van der Waals surface area (Å²) in [5, 5.41) is 0. The maximum atomic E-state index is 12.3. The van der Waals surface area contributed by atoms with Gasteiger partial charge in [-0.25, -0.2) is 13.1 Å². The Labute approximate surface area is 130 Å². The monoisotopic (exact) mass is 325 g/mol. The average Bonchev–Trinajstić information content (AvgIpc) is 3.01. The summed E-state index contributed by atoms with van der Waals surface area (Å²) in [6.45, 7) is 4.66. The second-order valence-corrected chi connectivity index (χ2v) is 6.15. The molecular weight excluding hydrogens is 306 g/mol. The number of benzene rings is 1. The van der Waals surface area contributed by atoms with Gasteiger partial charge in [-0.1, -0.05) is 0 Å². The van der Waals surface area contributed by atoms with Gasteiger partial charge in [-0.05, 0) is 38.1 Å². The van der Waals surface area contributed by atoms with Crippen LogP contribution >= 0.6 is 0 Å². The van der Waals surface area contributed by atoms with Crippen LogP contribution in [-0.2, 0) is 16.6 Å². The number of ether oxygens (including phenoxy) is 2. The standard InChI is InChI=1S/C15H19NO5S/c1-3-19-14-8-7-13(10-15(14)20-4-2)22(17,18)16-11-12-6-5-9-21-12/h5-10,16H,3-4,11H2,1-2H3. The molecule has 0 saturated carbocycles. The molecule has 1 aromatic carbocycles. The largest absolute Gasteiger partial charge is 0.490 e. The number of rotatable bonds is 8. The number of hydrogen-bond acceptors (Lipinski definition) is 5. The fraction of sp³-hybridized carbons (Fsp3) is 0.333. The quantitative estimate of drug-likeness (QED) is 0.807. The minimum atomic E-state index is -3.65. The van der Waals surface area contributed by atoms with E-state index in [1.807, 2.05) is 13.8 Å². The molecule has 1 aromatic heterocycles. The van der Waals surface area contributed by atoms with Crippen molar-refractivity contribution in [2.24, 2.45) is 0 Å². The maximum absolute atomic E-state index is 12.3. The number of nitrogens with one attached hydrogen (secondary N) is 1. The summed E-state index contributed by atoms with van der Waals surface area (Å²) in [5.41, 5.74) is 0. The van der Waals surface area contributed by atoms with Crippen LogP contribution in [0.5, 0.6) is 11.5 Å². The summed E-state index contributed by atoms with van der Waals surface area (Å²) in [7, 11) is -3.65. The highest BCUT2D eigenvalue weighted by atomic mass is 32.2. The van der Waals surface area contributed by atoms with Gasteiger partial charge in [-0.3, -0.25) is 0 Å². The lowest BCUT2D eigenvalue weighted by molar-refractivity contribution is 0.287. The number of hydrogen-bond donors (Lipinski definition) is 1. The van der Waals surface area contributed by atoms with Crippen LogP contribution < -0.4 is 14.2 Å². The van der Waals surface area contributed by atoms with Gasteiger partial charge in [0.2, 0.25) is 10.0 Å². The van der Waals surface area contributed by atoms with Gasteiger partial charge in [-0.15, -0.1) is 0 Å². The third-order valence-corrected chi connectivity index (χ3v) is 4.24. The second-order valence-electron chi connectivity index (χ2n) is 4.38. The van der Waals surface area contributed by atoms with Gasteiger partial charge in [0.15, 0.2) is 11.5 Å². The van der Waals surface area contributed by atoms with Crippen LogP contribution in [0.25, 0.3) is 0 Å². The molecule has 22 heavy (non-hydrogen) atoms. The van der Waals surface area contributed by atoms with Gasteiger partial charge in [0.1, 0.15) is 5.76 Å². The first kappa shape index (κ1) is 16.4. The lowest BCUT2D eigenvalue weighted by Gasteiger charge is -2.13. The van der Waals surface area contributed by atoms with Crippen LogP contribution in [0.4, 0.5) is 0 Å². The normalized spacial score (nSPS) is 11.4. The van der Waals surface area contributed by atoms with Crippen molar-refractivity contribution >= 4 is 10.0 Å². The van der Waals surface area contributed by atoms with Crippen molar-refractivity contribution in [3.63, 3.8) is 0 Å². The topological polar surface area (TPSA) is 77.8 Å². The molecule has 120 valence electrons. The smallest absolute Gasteiger partial charge is 0.241 e. The van der Waals surface area contributed by atoms with Crippen LogP contribution in [-0.4, -0.2) is 21.6 Å². The van der Waals surface area contributed by atoms with E-state index in [1.165, 1.54) is 18.4 Å². The van der Waals surface area contributed by atoms with Crippen molar-refractivity contribution < 1.29 is 22.3 Å². The Bertz CT molecular complexity index is 695. The Morgan fingerprint density at radius 3 is 2.45 bits per heavy atom. The molecule has 7 heteroatoms. The molecule has 0 unspecified atom stereocenters. The van der Waals surface area contributed by atoms with Gasteiger partial charge in [0.05, 0.1) is 30.9 Å². The first-order valence-electron chi connectivity index (χ1n) is 6.98. The molecule has 0 saturated heterocycles. The van der Waals surface area contributed by atoms with Gasteiger partial charge in [0, 0.05) is 6.07 Å². The summed E-state index contributed by atoms with van der Waals surface area (Å²) in [6, 6.07) is 7.94. The van der Waals surface area contributed by atoms with Crippen molar-refractivity contribution in [3.05, 3.63) is 42.4 Å². The zero-order chi connectivity index (χ0) is 16.0. The zero-order valence-electron chi connectivity index (χ0n) is 12.5. The maximum Gasteiger partial charge on any atom is 0.241 e. The van der Waals surface area contributed by atoms with E-state index in [0.717, 1.165) is 0 Å². The van der Waals surface area contributed by atoms with E-state index < -0.39 is 10.0 Å². The molecule has 0 bridgehead atoms. The number of sulfonamides is 1. The highest BCUT2D eigenvalue weighted by Gasteiger charge is 2.17. The Kier molecular flexibility index (Phi) is 5.46. The number of furan rings is 1. The second kappa shape index (κ2) is 7.33. The molecule has 0 radical (unpaired) electrons. The molecule has 0 aliphatic carbocycles. The van der Waals surface area contributed by atoms with E-state index >= 15 is 0 Å². The Balaban J connectivity index is 2.20. The minimum Gasteiger partial charge on any atom is -0.490 e. The molecular formula is C15H19NO5S. The van der Waals surface area contributed by atoms with Crippen molar-refractivity contribution in [1.29, 1.82) is 0 Å². The van der Waals surface area contributed by atoms with E-state index in [-0.39, 0.29) is 11.4 Å². The van der Waals surface area contributed by atoms with Gasteiger partial charge >= 0.3 is 0 Å². The van der Waals surface area contributed by atoms with Crippen LogP contribution in [0.2, 0.25) is 0 Å². The van der Waals surface area contributed by atoms with E-state index in [1.54, 1.807) is 18.2 Å².